The number of thiophene rings is 1. The van der Waals surface area contributed by atoms with Crippen molar-refractivity contribution in [1.29, 1.82) is 0 Å². The van der Waals surface area contributed by atoms with Crippen LogP contribution in [0.25, 0.3) is 179 Å². The molecule has 0 radical (unpaired) electrons. The number of pyridine rings is 5. The van der Waals surface area contributed by atoms with Gasteiger partial charge in [0.1, 0.15) is 34.2 Å². The molecule has 13 aromatic carbocycles. The second-order valence-electron chi connectivity index (χ2n) is 25.1. The fourth-order valence-electron chi connectivity index (χ4n) is 14.1. The van der Waals surface area contributed by atoms with E-state index in [1.165, 1.54) is 87.4 Å². The first-order valence-corrected chi connectivity index (χ1v) is 35.7. The highest BCUT2D eigenvalue weighted by Gasteiger charge is 2.14. The molecule has 0 spiro atoms. The molecule has 0 amide bonds. The van der Waals surface area contributed by atoms with E-state index in [-0.39, 0.29) is 0 Å². The molecule has 107 heavy (non-hydrogen) atoms. The van der Waals surface area contributed by atoms with Crippen molar-refractivity contribution < 1.29 is 13.3 Å². The highest BCUT2D eigenvalue weighted by molar-refractivity contribution is 7.25. The van der Waals surface area contributed by atoms with E-state index in [9.17, 15) is 0 Å². The van der Waals surface area contributed by atoms with Gasteiger partial charge in [-0.3, -0.25) is 19.5 Å². The predicted molar refractivity (Wildman–Crippen MR) is 439 cm³/mol. The highest BCUT2D eigenvalue weighted by atomic mass is 32.1. The molecule has 13 nitrogen and oxygen atoms in total. The summed E-state index contributed by atoms with van der Waals surface area (Å²) in [6.07, 6.45) is 15.7. The van der Waals surface area contributed by atoms with Gasteiger partial charge in [-0.05, 0) is 123 Å². The molecule has 0 aliphatic rings. The summed E-state index contributed by atoms with van der Waals surface area (Å²) in [7, 11) is 0. The number of rotatable bonds is 1. The molecule has 0 aliphatic heterocycles. The summed E-state index contributed by atoms with van der Waals surface area (Å²) in [6, 6.07) is 105. The van der Waals surface area contributed by atoms with Gasteiger partial charge in [0.2, 0.25) is 11.4 Å². The number of oxazole rings is 1. The van der Waals surface area contributed by atoms with Crippen molar-refractivity contribution in [2.24, 2.45) is 0 Å². The monoisotopic (exact) mass is 1400 g/mol. The normalized spacial score (nSPS) is 11.2. The van der Waals surface area contributed by atoms with Crippen molar-refractivity contribution in [1.82, 2.24) is 49.4 Å². The Balaban J connectivity index is 0.0000000886. The molecule has 506 valence electrons. The molecule has 0 aliphatic carbocycles. The number of nitrogens with zero attached hydrogens (tertiary/aromatic N) is 10. The summed E-state index contributed by atoms with van der Waals surface area (Å²) in [5.74, 6) is 0. The number of furan rings is 2. The third kappa shape index (κ3) is 12.6. The van der Waals surface area contributed by atoms with Gasteiger partial charge >= 0.3 is 0 Å². The van der Waals surface area contributed by atoms with Crippen molar-refractivity contribution in [3.8, 4) is 5.69 Å². The lowest BCUT2D eigenvalue weighted by atomic mass is 9.97. The number of benzene rings is 13. The van der Waals surface area contributed by atoms with Crippen LogP contribution in [0.5, 0.6) is 0 Å². The number of imidazole rings is 1. The topological polar surface area (TPSA) is 160 Å². The van der Waals surface area contributed by atoms with Crippen molar-refractivity contribution in [2.45, 2.75) is 0 Å². The van der Waals surface area contributed by atoms with Crippen LogP contribution < -0.4 is 0 Å². The van der Waals surface area contributed by atoms with Crippen molar-refractivity contribution in [2.75, 3.05) is 0 Å². The smallest absolute Gasteiger partial charge is 0.230 e. The van der Waals surface area contributed by atoms with Crippen LogP contribution in [0.2, 0.25) is 0 Å². The Morgan fingerprint density at radius 2 is 0.682 bits per heavy atom. The zero-order valence-corrected chi connectivity index (χ0v) is 58.1. The van der Waals surface area contributed by atoms with Gasteiger partial charge in [-0.2, -0.15) is 0 Å². The molecule has 0 bridgehead atoms. The SMILES string of the molecule is c1ccc(-n2cnc3ccccc32)cc1.c1ccc2c(c1)c1ccccc1c1ncccc21.c1ccc2c(c1)c1ccccc1c1ocnc21.c1ccc2c(c1)c1cccnc1c1ncccc21.c1ccc2c(c1)oc1ncccc12.c1ccc2c(c1)oc1ncncc12.c1ccc2c(c1)sc1ncccc12. The molecule has 11 aromatic heterocycles. The average Bonchev–Trinajstić information content (AvgIpc) is 1.46. The van der Waals surface area contributed by atoms with E-state index in [0.29, 0.717) is 11.4 Å². The maximum atomic E-state index is 5.54. The van der Waals surface area contributed by atoms with Crippen LogP contribution in [0.15, 0.2) is 379 Å². The van der Waals surface area contributed by atoms with Gasteiger partial charge in [0.05, 0.1) is 33.0 Å². The number of aromatic nitrogens is 10. The van der Waals surface area contributed by atoms with E-state index in [1.807, 2.05) is 165 Å². The van der Waals surface area contributed by atoms with E-state index < -0.39 is 0 Å². The highest BCUT2D eigenvalue weighted by Crippen LogP contribution is 2.38. The summed E-state index contributed by atoms with van der Waals surface area (Å²) >= 11 is 1.75. The summed E-state index contributed by atoms with van der Waals surface area (Å²) in [6.45, 7) is 0. The second-order valence-corrected chi connectivity index (χ2v) is 26.2. The Morgan fingerprint density at radius 3 is 1.29 bits per heavy atom. The summed E-state index contributed by atoms with van der Waals surface area (Å²) in [5.41, 5.74) is 11.3. The van der Waals surface area contributed by atoms with E-state index >= 15 is 0 Å². The van der Waals surface area contributed by atoms with Crippen LogP contribution in [0.1, 0.15) is 0 Å². The Morgan fingerprint density at radius 1 is 0.271 bits per heavy atom. The van der Waals surface area contributed by atoms with E-state index in [0.717, 1.165) is 92.7 Å². The molecule has 0 saturated carbocycles. The Bertz CT molecular complexity index is 6270. The predicted octanol–water partition coefficient (Wildman–Crippen LogP) is 24.4. The molecule has 0 saturated heterocycles. The van der Waals surface area contributed by atoms with Crippen LogP contribution in [-0.2, 0) is 0 Å². The third-order valence-electron chi connectivity index (χ3n) is 18.9. The lowest BCUT2D eigenvalue weighted by Crippen LogP contribution is -1.90. The minimum absolute atomic E-state index is 0.649. The molecular formula is C93H60N10O3S. The lowest BCUT2D eigenvalue weighted by molar-refractivity contribution is 0.605. The van der Waals surface area contributed by atoms with Crippen LogP contribution >= 0.6 is 11.3 Å². The number of hydrogen-bond donors (Lipinski definition) is 0. The van der Waals surface area contributed by atoms with Gasteiger partial charge in [-0.1, -0.05) is 224 Å². The van der Waals surface area contributed by atoms with Crippen LogP contribution in [0, 0.1) is 0 Å². The fraction of sp³-hybridized carbons (Fsp3) is 0. The van der Waals surface area contributed by atoms with Crippen LogP contribution in [0.4, 0.5) is 0 Å². The molecule has 0 fully saturated rings. The van der Waals surface area contributed by atoms with Crippen molar-refractivity contribution in [3.05, 3.63) is 366 Å². The van der Waals surface area contributed by atoms with E-state index in [1.54, 1.807) is 23.7 Å². The van der Waals surface area contributed by atoms with Gasteiger partial charge in [0, 0.05) is 107 Å². The third-order valence-corrected chi connectivity index (χ3v) is 20.0. The summed E-state index contributed by atoms with van der Waals surface area (Å²) in [5, 5.41) is 22.7. The van der Waals surface area contributed by atoms with Crippen LogP contribution in [0.3, 0.4) is 0 Å². The fourth-order valence-corrected chi connectivity index (χ4v) is 15.1. The minimum atomic E-state index is 0.649. The van der Waals surface area contributed by atoms with E-state index in [2.05, 4.69) is 225 Å². The molecule has 0 atom stereocenters. The molecule has 14 heteroatoms. The maximum absolute atomic E-state index is 5.54. The number of hydrogen-bond acceptors (Lipinski definition) is 13. The largest absolute Gasteiger partial charge is 0.443 e. The molecule has 0 N–H and O–H groups in total. The maximum Gasteiger partial charge on any atom is 0.230 e. The summed E-state index contributed by atoms with van der Waals surface area (Å²) < 4.78 is 20.0. The molecule has 24 rings (SSSR count). The first-order valence-electron chi connectivity index (χ1n) is 34.9. The summed E-state index contributed by atoms with van der Waals surface area (Å²) in [4.78, 5) is 39.9. The van der Waals surface area contributed by atoms with Crippen LogP contribution in [-0.4, -0.2) is 49.4 Å². The minimum Gasteiger partial charge on any atom is -0.443 e. The second kappa shape index (κ2) is 29.1. The zero-order chi connectivity index (χ0) is 71.2. The van der Waals surface area contributed by atoms with Gasteiger partial charge in [-0.25, -0.2) is 29.9 Å². The van der Waals surface area contributed by atoms with Crippen molar-refractivity contribution in [3.63, 3.8) is 0 Å². The zero-order valence-electron chi connectivity index (χ0n) is 57.2. The molecule has 24 aromatic rings. The first-order chi connectivity index (χ1) is 53.1. The van der Waals surface area contributed by atoms with Gasteiger partial charge in [-0.15, -0.1) is 11.3 Å². The number of fused-ring (bicyclic) bond motifs is 28. The first kappa shape index (κ1) is 64.6. The van der Waals surface area contributed by atoms with Crippen molar-refractivity contribution >= 4 is 184 Å². The average molecular weight is 1400 g/mol. The Hall–Kier alpha value is -14.5. The molecular weight excluding hydrogens is 1340 g/mol. The lowest BCUT2D eigenvalue weighted by Gasteiger charge is -2.08. The Kier molecular flexibility index (Phi) is 17.6. The standard InChI is InChI=1S/C17H11N.C16H10N2.C15H9NO.C13H10N2.C11H7NO.C11H7NS.C10H6N2O/c1-2-7-14-12(6-1)13-8-3-4-9-15(13)17-16(14)10-5-11-18-17;1-2-6-12-11(5-1)13-7-3-9-17-15(13)16-14(12)8-4-10-18-16;1-3-7-12-10(5-1)11-6-2-4-8-13(11)15-14(12)16-9-17-15;1-2-6-11(7-3-1)15-10-14-12-8-4-5-9-13(12)15;2*1-2-6-10-8(4-1)9-5-3-7-12-11(9)13-10;1-2-4-9-7(3-1)8-5-11-6-12-10(8)13-9/h1-11H;1-10H;1-9H;1-10H;2*1-7H;1-6H. The Labute approximate surface area is 614 Å². The van der Waals surface area contributed by atoms with Gasteiger partial charge in [0.15, 0.2) is 12.0 Å². The van der Waals surface area contributed by atoms with E-state index in [4.69, 9.17) is 13.3 Å². The van der Waals surface area contributed by atoms with Gasteiger partial charge in [0.25, 0.3) is 0 Å². The number of para-hydroxylation sites is 5. The molecule has 11 heterocycles. The quantitative estimate of drug-likeness (QED) is 0.143. The van der Waals surface area contributed by atoms with Gasteiger partial charge < -0.3 is 13.3 Å². The molecule has 0 unspecified atom stereocenters.